The molecule has 0 saturated carbocycles. The molecule has 1 aromatic carbocycles. The number of carbonyl (C=O) groups excluding carboxylic acids is 1. The zero-order chi connectivity index (χ0) is 15.5. The van der Waals surface area contributed by atoms with Gasteiger partial charge in [-0.2, -0.15) is 0 Å². The van der Waals surface area contributed by atoms with Gasteiger partial charge in [0.2, 0.25) is 5.91 Å². The molecule has 3 N–H and O–H groups in total. The predicted molar refractivity (Wildman–Crippen MR) is 92.5 cm³/mol. The van der Waals surface area contributed by atoms with Gasteiger partial charge in [-0.05, 0) is 23.8 Å². The normalized spacial score (nSPS) is 18.4. The van der Waals surface area contributed by atoms with Crippen molar-refractivity contribution < 1.29 is 9.18 Å². The van der Waals surface area contributed by atoms with Crippen molar-refractivity contribution in [2.75, 3.05) is 19.6 Å². The molecule has 1 aromatic heterocycles. The van der Waals surface area contributed by atoms with Crippen LogP contribution in [0.1, 0.15) is 26.8 Å². The fourth-order valence-electron chi connectivity index (χ4n) is 2.77. The third kappa shape index (κ3) is 4.29. The zero-order valence-corrected chi connectivity index (χ0v) is 14.1. The third-order valence-corrected chi connectivity index (χ3v) is 4.81. The molecule has 4 nitrogen and oxygen atoms in total. The molecule has 0 spiro atoms. The lowest BCUT2D eigenvalue weighted by Gasteiger charge is -2.36. The molecule has 0 aliphatic carbocycles. The van der Waals surface area contributed by atoms with Gasteiger partial charge < -0.3 is 11.1 Å². The number of nitrogens with one attached hydrogen (secondary N) is 1. The van der Waals surface area contributed by atoms with Crippen LogP contribution in [-0.2, 0) is 6.54 Å². The summed E-state index contributed by atoms with van der Waals surface area (Å²) in [6, 6.07) is 8.72. The number of carbonyl (C=O) groups is 1. The highest BCUT2D eigenvalue weighted by atomic mass is 35.5. The lowest BCUT2D eigenvalue weighted by atomic mass is 10.0. The molecule has 1 aliphatic heterocycles. The molecular weight excluding hydrogens is 337 g/mol. The monoisotopic (exact) mass is 355 g/mol. The summed E-state index contributed by atoms with van der Waals surface area (Å²) in [6.07, 6.45) is 0. The minimum absolute atomic E-state index is 0. The van der Waals surface area contributed by atoms with E-state index in [2.05, 4.69) is 10.2 Å². The van der Waals surface area contributed by atoms with Crippen LogP contribution in [0.5, 0.6) is 0 Å². The maximum atomic E-state index is 13.5. The molecule has 3 rings (SSSR count). The summed E-state index contributed by atoms with van der Waals surface area (Å²) < 4.78 is 13.5. The van der Waals surface area contributed by atoms with Crippen molar-refractivity contribution in [2.45, 2.75) is 12.6 Å². The molecule has 2 aromatic rings. The number of benzene rings is 1. The second-order valence-corrected chi connectivity index (χ2v) is 6.41. The Morgan fingerprint density at radius 2 is 2.26 bits per heavy atom. The summed E-state index contributed by atoms with van der Waals surface area (Å²) in [6.45, 7) is 3.31. The number of rotatable bonds is 4. The van der Waals surface area contributed by atoms with Crippen LogP contribution < -0.4 is 11.1 Å². The number of nitrogens with zero attached hydrogens (tertiary/aromatic N) is 1. The van der Waals surface area contributed by atoms with Crippen molar-refractivity contribution >= 4 is 29.7 Å². The van der Waals surface area contributed by atoms with Crippen molar-refractivity contribution in [3.8, 4) is 0 Å². The van der Waals surface area contributed by atoms with Crippen LogP contribution >= 0.6 is 23.7 Å². The van der Waals surface area contributed by atoms with Crippen LogP contribution in [0, 0.1) is 5.82 Å². The van der Waals surface area contributed by atoms with Crippen molar-refractivity contribution in [2.24, 2.45) is 5.73 Å². The van der Waals surface area contributed by atoms with E-state index >= 15 is 0 Å². The first-order valence-electron chi connectivity index (χ1n) is 7.21. The van der Waals surface area contributed by atoms with Gasteiger partial charge >= 0.3 is 0 Å². The van der Waals surface area contributed by atoms with Gasteiger partial charge in [0.1, 0.15) is 5.82 Å². The highest BCUT2D eigenvalue weighted by molar-refractivity contribution is 7.10. The van der Waals surface area contributed by atoms with Crippen molar-refractivity contribution in [3.63, 3.8) is 0 Å². The van der Waals surface area contributed by atoms with Gasteiger partial charge in [0.15, 0.2) is 0 Å². The number of thiophene rings is 1. The lowest BCUT2D eigenvalue weighted by molar-refractivity contribution is 0.100. The van der Waals surface area contributed by atoms with E-state index in [1.807, 2.05) is 12.1 Å². The highest BCUT2D eigenvalue weighted by Gasteiger charge is 2.24. The van der Waals surface area contributed by atoms with Gasteiger partial charge in [-0.3, -0.25) is 9.69 Å². The Kier molecular flexibility index (Phi) is 6.12. The Bertz CT molecular complexity index is 679. The Labute approximate surface area is 144 Å². The summed E-state index contributed by atoms with van der Waals surface area (Å²) in [5, 5.41) is 5.15. The smallest absolute Gasteiger partial charge is 0.249 e. The number of amides is 1. The lowest BCUT2D eigenvalue weighted by Crippen LogP contribution is -2.45. The number of hydrogen-bond donors (Lipinski definition) is 2. The molecule has 1 atom stereocenters. The largest absolute Gasteiger partial charge is 0.366 e. The summed E-state index contributed by atoms with van der Waals surface area (Å²) in [4.78, 5) is 14.6. The Balaban J connectivity index is 0.00000192. The van der Waals surface area contributed by atoms with E-state index in [-0.39, 0.29) is 24.3 Å². The SMILES string of the molecule is Cl.NC(=O)c1csc(CN2CCNCC2c2cccc(F)c2)c1. The van der Waals surface area contributed by atoms with Gasteiger partial charge in [0.25, 0.3) is 0 Å². The quantitative estimate of drug-likeness (QED) is 0.886. The van der Waals surface area contributed by atoms with E-state index < -0.39 is 5.91 Å². The van der Waals surface area contributed by atoms with Crippen LogP contribution in [0.2, 0.25) is 0 Å². The number of halogens is 2. The molecule has 1 unspecified atom stereocenters. The predicted octanol–water partition coefficient (Wildman–Crippen LogP) is 2.55. The van der Waals surface area contributed by atoms with Crippen molar-refractivity contribution in [3.05, 3.63) is 57.5 Å². The number of hydrogen-bond acceptors (Lipinski definition) is 4. The average Bonchev–Trinajstić information content (AvgIpc) is 2.97. The fourth-order valence-corrected chi connectivity index (χ4v) is 3.67. The van der Waals surface area contributed by atoms with E-state index in [1.165, 1.54) is 17.4 Å². The van der Waals surface area contributed by atoms with Crippen LogP contribution in [0.3, 0.4) is 0 Å². The highest BCUT2D eigenvalue weighted by Crippen LogP contribution is 2.26. The zero-order valence-electron chi connectivity index (χ0n) is 12.5. The Hall–Kier alpha value is -1.47. The van der Waals surface area contributed by atoms with Gasteiger partial charge in [-0.1, -0.05) is 12.1 Å². The molecular formula is C16H19ClFN3OS. The van der Waals surface area contributed by atoms with E-state index in [4.69, 9.17) is 5.73 Å². The molecule has 1 fully saturated rings. The van der Waals surface area contributed by atoms with Crippen LogP contribution in [-0.4, -0.2) is 30.4 Å². The van der Waals surface area contributed by atoms with Gasteiger partial charge in [-0.25, -0.2) is 4.39 Å². The summed E-state index contributed by atoms with van der Waals surface area (Å²) in [7, 11) is 0. The maximum absolute atomic E-state index is 13.5. The maximum Gasteiger partial charge on any atom is 0.249 e. The van der Waals surface area contributed by atoms with Crippen LogP contribution in [0.15, 0.2) is 35.7 Å². The Morgan fingerprint density at radius 1 is 1.43 bits per heavy atom. The van der Waals surface area contributed by atoms with Crippen molar-refractivity contribution in [1.82, 2.24) is 10.2 Å². The summed E-state index contributed by atoms with van der Waals surface area (Å²) in [5.74, 6) is -0.611. The second-order valence-electron chi connectivity index (χ2n) is 5.41. The van der Waals surface area contributed by atoms with Crippen molar-refractivity contribution in [1.29, 1.82) is 0 Å². The summed E-state index contributed by atoms with van der Waals surface area (Å²) in [5.41, 5.74) is 6.82. The minimum atomic E-state index is -0.399. The standard InChI is InChI=1S/C16H18FN3OS.ClH/c17-13-3-1-2-11(6-13)15-8-19-4-5-20(15)9-14-7-12(10-22-14)16(18)21;/h1-3,6-7,10,15,19H,4-5,8-9H2,(H2,18,21);1H. The molecule has 1 saturated heterocycles. The number of nitrogens with two attached hydrogens (primary N) is 1. The topological polar surface area (TPSA) is 58.4 Å². The fraction of sp³-hybridized carbons (Fsp3) is 0.312. The minimum Gasteiger partial charge on any atom is -0.366 e. The molecule has 7 heteroatoms. The molecule has 2 heterocycles. The number of piperazine rings is 1. The van der Waals surface area contributed by atoms with Crippen LogP contribution in [0.25, 0.3) is 0 Å². The Morgan fingerprint density at radius 3 is 2.96 bits per heavy atom. The van der Waals surface area contributed by atoms with Gasteiger partial charge in [0.05, 0.1) is 5.56 Å². The summed E-state index contributed by atoms with van der Waals surface area (Å²) >= 11 is 1.53. The van der Waals surface area contributed by atoms with Crippen LogP contribution in [0.4, 0.5) is 4.39 Å². The number of primary amides is 1. The molecule has 124 valence electrons. The molecule has 0 radical (unpaired) electrons. The van der Waals surface area contributed by atoms with Gasteiger partial charge in [-0.15, -0.1) is 23.7 Å². The van der Waals surface area contributed by atoms with E-state index in [0.29, 0.717) is 5.56 Å². The first-order chi connectivity index (χ1) is 10.6. The third-order valence-electron chi connectivity index (χ3n) is 3.88. The molecule has 0 bridgehead atoms. The second kappa shape index (κ2) is 7.88. The molecule has 1 amide bonds. The van der Waals surface area contributed by atoms with Gasteiger partial charge in [0, 0.05) is 42.5 Å². The molecule has 23 heavy (non-hydrogen) atoms. The van der Waals surface area contributed by atoms with E-state index in [1.54, 1.807) is 17.5 Å². The molecule has 1 aliphatic rings. The average molecular weight is 356 g/mol. The first-order valence-corrected chi connectivity index (χ1v) is 8.09. The van der Waals surface area contributed by atoms with E-state index in [0.717, 1.165) is 36.6 Å². The first kappa shape index (κ1) is 17.9. The van der Waals surface area contributed by atoms with E-state index in [9.17, 15) is 9.18 Å².